The fourth-order valence-electron chi connectivity index (χ4n) is 1.76. The minimum Gasteiger partial charge on any atom is -0.455 e. The van der Waals surface area contributed by atoms with E-state index in [2.05, 4.69) is 25.9 Å². The summed E-state index contributed by atoms with van der Waals surface area (Å²) >= 11 is 3.42. The lowest BCUT2D eigenvalue weighted by Gasteiger charge is -2.18. The number of aryl methyl sites for hydroxylation is 1. The largest absolute Gasteiger partial charge is 0.455 e. The second-order valence-electron chi connectivity index (χ2n) is 5.57. The van der Waals surface area contributed by atoms with Crippen LogP contribution in [0.15, 0.2) is 28.7 Å². The van der Waals surface area contributed by atoms with E-state index in [0.29, 0.717) is 17.2 Å². The number of aromatic amines is 1. The molecule has 0 spiro atoms. The van der Waals surface area contributed by atoms with Gasteiger partial charge >= 0.3 is 5.97 Å². The molecule has 2 rings (SSSR count). The first kappa shape index (κ1) is 14.8. The Bertz CT molecular complexity index is 642. The Hall–Kier alpha value is -1.62. The fraction of sp³-hybridized carbons (Fsp3) is 0.333. The van der Waals surface area contributed by atoms with Crippen LogP contribution in [0.3, 0.4) is 0 Å². The van der Waals surface area contributed by atoms with Gasteiger partial charge < -0.3 is 9.72 Å². The van der Waals surface area contributed by atoms with E-state index in [1.165, 1.54) is 0 Å². The van der Waals surface area contributed by atoms with E-state index in [1.807, 2.05) is 52.0 Å². The minimum absolute atomic E-state index is 0.329. The number of ether oxygens (including phenoxy) is 1. The predicted molar refractivity (Wildman–Crippen MR) is 81.6 cm³/mol. The zero-order valence-corrected chi connectivity index (χ0v) is 13.5. The first-order chi connectivity index (χ1) is 9.26. The van der Waals surface area contributed by atoms with Crippen LogP contribution in [-0.4, -0.2) is 21.5 Å². The summed E-state index contributed by atoms with van der Waals surface area (Å²) in [4.78, 5) is 19.6. The molecular weight excluding hydrogens is 320 g/mol. The first-order valence-electron chi connectivity index (χ1n) is 6.32. The lowest BCUT2D eigenvalue weighted by molar-refractivity contribution is 0.00627. The van der Waals surface area contributed by atoms with Gasteiger partial charge in [-0.05, 0) is 39.8 Å². The minimum atomic E-state index is -0.529. The monoisotopic (exact) mass is 336 g/mol. The van der Waals surface area contributed by atoms with Gasteiger partial charge in [0.25, 0.3) is 0 Å². The van der Waals surface area contributed by atoms with E-state index in [4.69, 9.17) is 4.74 Å². The molecule has 106 valence electrons. The number of aromatic nitrogens is 2. The van der Waals surface area contributed by atoms with Crippen molar-refractivity contribution in [2.24, 2.45) is 0 Å². The number of carbonyl (C=O) groups is 1. The molecule has 1 heterocycles. The van der Waals surface area contributed by atoms with Gasteiger partial charge in [0.05, 0.1) is 0 Å². The van der Waals surface area contributed by atoms with Crippen molar-refractivity contribution in [1.29, 1.82) is 0 Å². The van der Waals surface area contributed by atoms with E-state index in [0.717, 1.165) is 10.0 Å². The van der Waals surface area contributed by atoms with Crippen molar-refractivity contribution in [3.8, 4) is 11.4 Å². The average molecular weight is 337 g/mol. The zero-order valence-electron chi connectivity index (χ0n) is 12.0. The molecule has 0 amide bonds. The number of rotatable bonds is 2. The zero-order chi connectivity index (χ0) is 14.9. The van der Waals surface area contributed by atoms with Gasteiger partial charge in [-0.15, -0.1) is 0 Å². The summed E-state index contributed by atoms with van der Waals surface area (Å²) in [6, 6.07) is 7.73. The van der Waals surface area contributed by atoms with Crippen molar-refractivity contribution in [2.75, 3.05) is 0 Å². The van der Waals surface area contributed by atoms with Crippen LogP contribution in [0.1, 0.15) is 37.0 Å². The fourth-order valence-corrected chi connectivity index (χ4v) is 2.16. The summed E-state index contributed by atoms with van der Waals surface area (Å²) in [7, 11) is 0. The number of imidazole rings is 1. The van der Waals surface area contributed by atoms with Crippen molar-refractivity contribution >= 4 is 21.9 Å². The van der Waals surface area contributed by atoms with Crippen molar-refractivity contribution < 1.29 is 9.53 Å². The highest BCUT2D eigenvalue weighted by molar-refractivity contribution is 9.10. The van der Waals surface area contributed by atoms with Crippen LogP contribution in [-0.2, 0) is 4.74 Å². The molecule has 1 aromatic heterocycles. The Labute approximate surface area is 126 Å². The second-order valence-corrected chi connectivity index (χ2v) is 6.49. The maximum absolute atomic E-state index is 12.1. The molecule has 4 nitrogen and oxygen atoms in total. The highest BCUT2D eigenvalue weighted by Gasteiger charge is 2.22. The molecule has 0 aliphatic carbocycles. The summed E-state index contributed by atoms with van der Waals surface area (Å²) in [6.07, 6.45) is 0. The number of benzene rings is 1. The SMILES string of the molecule is Cc1[nH]c(-c2cccc(Br)c2)nc1C(=O)OC(C)(C)C. The topological polar surface area (TPSA) is 55.0 Å². The Morgan fingerprint density at radius 1 is 1.35 bits per heavy atom. The molecular formula is C15H17BrN2O2. The third kappa shape index (κ3) is 3.48. The number of carbonyl (C=O) groups excluding carboxylic acids is 1. The van der Waals surface area contributed by atoms with E-state index < -0.39 is 11.6 Å². The van der Waals surface area contributed by atoms with Gasteiger partial charge in [0.1, 0.15) is 11.4 Å². The second kappa shape index (κ2) is 5.40. The van der Waals surface area contributed by atoms with Crippen molar-refractivity contribution in [3.05, 3.63) is 40.1 Å². The normalized spacial score (nSPS) is 11.4. The van der Waals surface area contributed by atoms with Gasteiger partial charge in [0.15, 0.2) is 5.69 Å². The number of halogens is 1. The van der Waals surface area contributed by atoms with Gasteiger partial charge in [0, 0.05) is 15.7 Å². The van der Waals surface area contributed by atoms with Gasteiger partial charge in [-0.25, -0.2) is 9.78 Å². The number of hydrogen-bond donors (Lipinski definition) is 1. The van der Waals surface area contributed by atoms with Crippen molar-refractivity contribution in [3.63, 3.8) is 0 Å². The quantitative estimate of drug-likeness (QED) is 0.840. The number of nitrogens with zero attached hydrogens (tertiary/aromatic N) is 1. The van der Waals surface area contributed by atoms with Crippen LogP contribution < -0.4 is 0 Å². The summed E-state index contributed by atoms with van der Waals surface area (Å²) in [5, 5.41) is 0. The van der Waals surface area contributed by atoms with E-state index in [1.54, 1.807) is 0 Å². The summed E-state index contributed by atoms with van der Waals surface area (Å²) in [5.74, 6) is 0.247. The molecule has 0 fully saturated rings. The Morgan fingerprint density at radius 2 is 2.05 bits per heavy atom. The molecule has 1 N–H and O–H groups in total. The van der Waals surface area contributed by atoms with Crippen LogP contribution in [0.25, 0.3) is 11.4 Å². The van der Waals surface area contributed by atoms with Crippen LogP contribution >= 0.6 is 15.9 Å². The number of esters is 1. The van der Waals surface area contributed by atoms with E-state index >= 15 is 0 Å². The van der Waals surface area contributed by atoms with Crippen molar-refractivity contribution in [1.82, 2.24) is 9.97 Å². The number of hydrogen-bond acceptors (Lipinski definition) is 3. The molecule has 0 saturated heterocycles. The van der Waals surface area contributed by atoms with Gasteiger partial charge in [-0.3, -0.25) is 0 Å². The smallest absolute Gasteiger partial charge is 0.359 e. The van der Waals surface area contributed by atoms with Crippen molar-refractivity contribution in [2.45, 2.75) is 33.3 Å². The van der Waals surface area contributed by atoms with Crippen LogP contribution in [0.4, 0.5) is 0 Å². The van der Waals surface area contributed by atoms with Crippen LogP contribution in [0.2, 0.25) is 0 Å². The predicted octanol–water partition coefficient (Wildman–Crippen LogP) is 4.10. The molecule has 2 aromatic rings. The summed E-state index contributed by atoms with van der Waals surface area (Å²) in [5.41, 5.74) is 1.42. The molecule has 0 atom stereocenters. The molecule has 1 aromatic carbocycles. The highest BCUT2D eigenvalue weighted by atomic mass is 79.9. The Balaban J connectivity index is 2.33. The van der Waals surface area contributed by atoms with Crippen LogP contribution in [0, 0.1) is 6.92 Å². The van der Waals surface area contributed by atoms with Gasteiger partial charge in [-0.1, -0.05) is 28.1 Å². The molecule has 20 heavy (non-hydrogen) atoms. The third-order valence-electron chi connectivity index (χ3n) is 2.58. The maximum Gasteiger partial charge on any atom is 0.359 e. The average Bonchev–Trinajstić information content (AvgIpc) is 2.69. The maximum atomic E-state index is 12.1. The molecule has 0 bridgehead atoms. The molecule has 0 unspecified atom stereocenters. The lowest BCUT2D eigenvalue weighted by atomic mass is 10.2. The molecule has 5 heteroatoms. The summed E-state index contributed by atoms with van der Waals surface area (Å²) in [6.45, 7) is 7.32. The summed E-state index contributed by atoms with van der Waals surface area (Å²) < 4.78 is 6.31. The van der Waals surface area contributed by atoms with Crippen LogP contribution in [0.5, 0.6) is 0 Å². The molecule has 0 aliphatic heterocycles. The molecule has 0 saturated carbocycles. The van der Waals surface area contributed by atoms with Gasteiger partial charge in [0.2, 0.25) is 0 Å². The Morgan fingerprint density at radius 3 is 2.65 bits per heavy atom. The Kier molecular flexibility index (Phi) is 3.99. The first-order valence-corrected chi connectivity index (χ1v) is 7.11. The van der Waals surface area contributed by atoms with Gasteiger partial charge in [-0.2, -0.15) is 0 Å². The number of H-pyrrole nitrogens is 1. The molecule has 0 radical (unpaired) electrons. The van der Waals surface area contributed by atoms with E-state index in [9.17, 15) is 4.79 Å². The number of nitrogens with one attached hydrogen (secondary N) is 1. The highest BCUT2D eigenvalue weighted by Crippen LogP contribution is 2.22. The third-order valence-corrected chi connectivity index (χ3v) is 3.07. The van der Waals surface area contributed by atoms with E-state index in [-0.39, 0.29) is 0 Å². The molecule has 0 aliphatic rings. The lowest BCUT2D eigenvalue weighted by Crippen LogP contribution is -2.24. The standard InChI is InChI=1S/C15H17BrN2O2/c1-9-12(14(19)20-15(2,3)4)18-13(17-9)10-6-5-7-11(16)8-10/h5-8H,1-4H3,(H,17,18).